The van der Waals surface area contributed by atoms with Gasteiger partial charge >= 0.3 is 29.6 Å². The Labute approximate surface area is 68.3 Å². The molecular weight excluding hydrogens is 129 g/mol. The zero-order valence-corrected chi connectivity index (χ0v) is 6.31. The molecular formula is H6N3NaO4. The van der Waals surface area contributed by atoms with Crippen LogP contribution in [0.2, 0.25) is 0 Å². The molecule has 8 heavy (non-hydrogen) atoms. The molecule has 46 valence electrons. The molecule has 0 aromatic carbocycles. The monoisotopic (exact) mass is 135 g/mol. The summed E-state index contributed by atoms with van der Waals surface area (Å²) in [6.45, 7) is 0. The van der Waals surface area contributed by atoms with Crippen LogP contribution in [-0.4, -0.2) is 10.4 Å². The quantitative estimate of drug-likeness (QED) is 0.193. The van der Waals surface area contributed by atoms with Gasteiger partial charge in [-0.3, -0.25) is 0 Å². The molecule has 0 aliphatic rings. The van der Waals surface area contributed by atoms with Crippen LogP contribution in [-0.2, 0) is 0 Å². The number of hydrogen-bond acceptors (Lipinski definition) is 5. The average Bonchev–Trinajstić information content (AvgIpc) is 1.39. The Morgan fingerprint density at radius 3 is 1.12 bits per heavy atom. The predicted octanol–water partition coefficient (Wildman–Crippen LogP) is -2.44. The van der Waals surface area contributed by atoms with E-state index < -0.39 is 0 Å². The van der Waals surface area contributed by atoms with Crippen molar-refractivity contribution in [3.05, 3.63) is 9.81 Å². The summed E-state index contributed by atoms with van der Waals surface area (Å²) in [5.41, 5.74) is 0. The van der Waals surface area contributed by atoms with Gasteiger partial charge in [0.1, 0.15) is 0 Å². The molecule has 0 unspecified atom stereocenters. The minimum absolute atomic E-state index is 0. The Kier molecular flexibility index (Phi) is 227. The molecule has 0 aromatic rings. The van der Waals surface area contributed by atoms with Crippen molar-refractivity contribution in [2.24, 2.45) is 10.7 Å². The maximum Gasteiger partial charge on any atom is 1.00 e. The largest absolute Gasteiger partial charge is 1.00 e. The van der Waals surface area contributed by atoms with Gasteiger partial charge in [0.15, 0.2) is 10.7 Å². The van der Waals surface area contributed by atoms with Crippen LogP contribution in [0, 0.1) is 9.81 Å². The molecule has 0 rings (SSSR count). The van der Waals surface area contributed by atoms with Gasteiger partial charge in [-0.05, 0) is 0 Å². The van der Waals surface area contributed by atoms with E-state index in [0.717, 1.165) is 0 Å². The summed E-state index contributed by atoms with van der Waals surface area (Å²) in [6, 6.07) is 0. The van der Waals surface area contributed by atoms with E-state index in [-0.39, 0.29) is 37.1 Å². The fourth-order valence-electron chi connectivity index (χ4n) is 0. The first-order chi connectivity index (χ1) is 2.83. The van der Waals surface area contributed by atoms with Crippen molar-refractivity contribution in [3.8, 4) is 0 Å². The van der Waals surface area contributed by atoms with Crippen LogP contribution in [0.25, 0.3) is 0 Å². The Balaban J connectivity index is -0.00000000889. The Bertz CT molecular complexity index is 36.8. The van der Waals surface area contributed by atoms with E-state index in [1.54, 1.807) is 0 Å². The normalized spacial score (nSPS) is 3.00. The van der Waals surface area contributed by atoms with Crippen LogP contribution in [0.4, 0.5) is 0 Å². The predicted molar refractivity (Wildman–Crippen MR) is 21.3 cm³/mol. The molecule has 0 saturated carbocycles. The van der Waals surface area contributed by atoms with Gasteiger partial charge in [-0.15, -0.1) is 9.81 Å². The van der Waals surface area contributed by atoms with E-state index in [1.807, 2.05) is 0 Å². The summed E-state index contributed by atoms with van der Waals surface area (Å²) >= 11 is 0. The van der Waals surface area contributed by atoms with E-state index in [2.05, 4.69) is 0 Å². The molecule has 8 heteroatoms. The molecule has 0 spiro atoms. The third-order valence-electron chi connectivity index (χ3n) is 0. The van der Waals surface area contributed by atoms with Gasteiger partial charge in [0.2, 0.25) is 0 Å². The van der Waals surface area contributed by atoms with Crippen LogP contribution >= 0.6 is 0 Å². The van der Waals surface area contributed by atoms with Gasteiger partial charge in [0, 0.05) is 0 Å². The van der Waals surface area contributed by atoms with Gasteiger partial charge < -0.3 is 18.0 Å². The van der Waals surface area contributed by atoms with Crippen LogP contribution in [0.3, 0.4) is 0 Å². The van der Waals surface area contributed by atoms with Gasteiger partial charge in [-0.25, -0.2) is 0 Å². The third kappa shape index (κ3) is 2270. The summed E-state index contributed by atoms with van der Waals surface area (Å²) in [4.78, 5) is 16.2. The molecule has 0 heterocycles. The minimum Gasteiger partial charge on any atom is -1.00 e. The Hall–Kier alpha value is -0.240. The van der Waals surface area contributed by atoms with Crippen LogP contribution in [0.15, 0.2) is 10.7 Å². The SMILES string of the molecule is N.O=NO.O=NO.[H-].[Na+]. The topological polar surface area (TPSA) is 134 Å². The van der Waals surface area contributed by atoms with E-state index >= 15 is 0 Å². The van der Waals surface area contributed by atoms with Gasteiger partial charge in [-0.2, -0.15) is 0 Å². The fourth-order valence-corrected chi connectivity index (χ4v) is 0. The first kappa shape index (κ1) is 25.1. The molecule has 0 bridgehead atoms. The fraction of sp³-hybridized carbons (Fsp3) is 0. The van der Waals surface area contributed by atoms with E-state index in [0.29, 0.717) is 0 Å². The van der Waals surface area contributed by atoms with Gasteiger partial charge in [0.25, 0.3) is 0 Å². The molecule has 0 atom stereocenters. The second kappa shape index (κ2) is 72.4. The Morgan fingerprint density at radius 2 is 1.12 bits per heavy atom. The van der Waals surface area contributed by atoms with Crippen molar-refractivity contribution in [1.82, 2.24) is 6.15 Å². The zero-order chi connectivity index (χ0) is 5.41. The number of rotatable bonds is 0. The van der Waals surface area contributed by atoms with Crippen LogP contribution in [0.1, 0.15) is 1.43 Å². The van der Waals surface area contributed by atoms with E-state index in [9.17, 15) is 0 Å². The van der Waals surface area contributed by atoms with Gasteiger partial charge in [-0.1, -0.05) is 0 Å². The first-order valence-corrected chi connectivity index (χ1v) is 0.765. The molecule has 0 fully saturated rings. The molecule has 5 N–H and O–H groups in total. The third-order valence-corrected chi connectivity index (χ3v) is 0. The molecule has 0 aliphatic carbocycles. The van der Waals surface area contributed by atoms with Crippen molar-refractivity contribution >= 4 is 0 Å². The smallest absolute Gasteiger partial charge is 1.00 e. The maximum atomic E-state index is 8.11. The maximum absolute atomic E-state index is 8.11. The van der Waals surface area contributed by atoms with E-state index in [1.165, 1.54) is 10.7 Å². The summed E-state index contributed by atoms with van der Waals surface area (Å²) in [5, 5.41) is 15.8. The van der Waals surface area contributed by atoms with E-state index in [4.69, 9.17) is 20.2 Å². The van der Waals surface area contributed by atoms with Crippen LogP contribution < -0.4 is 35.7 Å². The molecule has 0 amide bonds. The summed E-state index contributed by atoms with van der Waals surface area (Å²) in [6.07, 6.45) is 0. The molecule has 0 aromatic heterocycles. The van der Waals surface area contributed by atoms with Crippen molar-refractivity contribution in [2.75, 3.05) is 0 Å². The standard InChI is InChI=1S/2HNO2.H3N.Na.H/c2*2-1-3;;;/h2*(H,2,3);1H3;;/q;;;+1;-1. The van der Waals surface area contributed by atoms with Crippen molar-refractivity contribution < 1.29 is 41.4 Å². The molecule has 7 nitrogen and oxygen atoms in total. The average molecular weight is 135 g/mol. The Morgan fingerprint density at radius 1 is 1.12 bits per heavy atom. The molecule has 0 aliphatic heterocycles. The molecule has 0 saturated heterocycles. The summed E-state index contributed by atoms with van der Waals surface area (Å²) in [5.74, 6) is 0. The second-order valence-electron chi connectivity index (χ2n) is 0.163. The summed E-state index contributed by atoms with van der Waals surface area (Å²) in [7, 11) is 0. The number of nitrogens with zero attached hydrogens (tertiary/aromatic N) is 2. The summed E-state index contributed by atoms with van der Waals surface area (Å²) < 4.78 is 0. The van der Waals surface area contributed by atoms with Crippen LogP contribution in [0.5, 0.6) is 0 Å². The minimum atomic E-state index is 0. The van der Waals surface area contributed by atoms with Crippen molar-refractivity contribution in [2.45, 2.75) is 0 Å². The zero-order valence-electron chi connectivity index (χ0n) is 5.31. The number of hydrogen-bond donors (Lipinski definition) is 3. The van der Waals surface area contributed by atoms with Crippen molar-refractivity contribution in [3.63, 3.8) is 0 Å². The molecule has 0 radical (unpaired) electrons. The first-order valence-electron chi connectivity index (χ1n) is 0.765. The van der Waals surface area contributed by atoms with Gasteiger partial charge in [0.05, 0.1) is 0 Å². The van der Waals surface area contributed by atoms with Crippen molar-refractivity contribution in [1.29, 1.82) is 0 Å². The second-order valence-corrected chi connectivity index (χ2v) is 0.163.